The maximum atomic E-state index is 12.9. The van der Waals surface area contributed by atoms with Gasteiger partial charge in [-0.15, -0.1) is 0 Å². The highest BCUT2D eigenvalue weighted by Crippen LogP contribution is 2.19. The molecule has 0 unspecified atom stereocenters. The molecule has 3 rings (SSSR count). The Bertz CT molecular complexity index is 972. The summed E-state index contributed by atoms with van der Waals surface area (Å²) < 4.78 is 5.40. The van der Waals surface area contributed by atoms with E-state index in [9.17, 15) is 9.59 Å². The van der Waals surface area contributed by atoms with Gasteiger partial charge in [-0.3, -0.25) is 14.6 Å². The number of ether oxygens (including phenoxy) is 1. The van der Waals surface area contributed by atoms with Crippen molar-refractivity contribution in [2.75, 3.05) is 23.4 Å². The molecular formula is C23H23N3O3. The second-order valence-corrected chi connectivity index (χ2v) is 6.26. The highest BCUT2D eigenvalue weighted by atomic mass is 16.5. The highest BCUT2D eigenvalue weighted by molar-refractivity contribution is 6.09. The molecule has 6 heteroatoms. The molecule has 0 fully saturated rings. The average molecular weight is 389 g/mol. The van der Waals surface area contributed by atoms with E-state index in [-0.39, 0.29) is 11.8 Å². The van der Waals surface area contributed by atoms with Crippen molar-refractivity contribution in [2.24, 2.45) is 0 Å². The van der Waals surface area contributed by atoms with Crippen LogP contribution in [0.4, 0.5) is 11.4 Å². The van der Waals surface area contributed by atoms with E-state index in [4.69, 9.17) is 4.74 Å². The molecule has 0 bridgehead atoms. The smallest absolute Gasteiger partial charge is 0.259 e. The number of rotatable bonds is 7. The minimum atomic E-state index is -0.334. The fourth-order valence-corrected chi connectivity index (χ4v) is 2.89. The Balaban J connectivity index is 1.76. The first-order valence-corrected chi connectivity index (χ1v) is 9.48. The Morgan fingerprint density at radius 1 is 0.966 bits per heavy atom. The third-order valence-corrected chi connectivity index (χ3v) is 4.30. The third kappa shape index (κ3) is 4.99. The van der Waals surface area contributed by atoms with Crippen molar-refractivity contribution >= 4 is 23.2 Å². The number of anilines is 2. The Morgan fingerprint density at radius 3 is 2.31 bits per heavy atom. The lowest BCUT2D eigenvalue weighted by atomic mass is 10.1. The molecule has 148 valence electrons. The quantitative estimate of drug-likeness (QED) is 0.650. The number of nitrogens with zero attached hydrogens (tertiary/aromatic N) is 2. The predicted molar refractivity (Wildman–Crippen MR) is 114 cm³/mol. The number of carbonyl (C=O) groups is 2. The zero-order chi connectivity index (χ0) is 20.6. The number of amides is 2. The second-order valence-electron chi connectivity index (χ2n) is 6.26. The normalized spacial score (nSPS) is 10.3. The van der Waals surface area contributed by atoms with Crippen LogP contribution in [0.5, 0.6) is 5.75 Å². The summed E-state index contributed by atoms with van der Waals surface area (Å²) in [7, 11) is 0. The van der Waals surface area contributed by atoms with Crippen LogP contribution in [0.15, 0.2) is 73.1 Å². The number of pyridine rings is 1. The predicted octanol–water partition coefficient (Wildman–Crippen LogP) is 4.40. The molecular weight excluding hydrogens is 366 g/mol. The fourth-order valence-electron chi connectivity index (χ4n) is 2.89. The van der Waals surface area contributed by atoms with Gasteiger partial charge in [0.1, 0.15) is 5.75 Å². The third-order valence-electron chi connectivity index (χ3n) is 4.30. The van der Waals surface area contributed by atoms with Crippen LogP contribution in [-0.4, -0.2) is 29.9 Å². The Labute approximate surface area is 170 Å². The molecule has 2 amide bonds. The Hall–Kier alpha value is -3.67. The molecule has 1 N–H and O–H groups in total. The number of hydrogen-bond donors (Lipinski definition) is 1. The molecule has 6 nitrogen and oxygen atoms in total. The first kappa shape index (κ1) is 20.1. The first-order valence-electron chi connectivity index (χ1n) is 9.48. The fraction of sp³-hybridized carbons (Fsp3) is 0.174. The first-order chi connectivity index (χ1) is 14.1. The molecule has 2 aromatic carbocycles. The molecule has 0 aliphatic carbocycles. The summed E-state index contributed by atoms with van der Waals surface area (Å²) in [5.74, 6) is 0.196. The monoisotopic (exact) mass is 389 g/mol. The maximum Gasteiger partial charge on any atom is 0.259 e. The zero-order valence-electron chi connectivity index (χ0n) is 16.5. The van der Waals surface area contributed by atoms with Crippen molar-refractivity contribution < 1.29 is 14.3 Å². The van der Waals surface area contributed by atoms with E-state index in [1.54, 1.807) is 35.2 Å². The van der Waals surface area contributed by atoms with Gasteiger partial charge in [-0.1, -0.05) is 18.2 Å². The average Bonchev–Trinajstić information content (AvgIpc) is 2.76. The number of benzene rings is 2. The van der Waals surface area contributed by atoms with E-state index in [0.717, 1.165) is 11.4 Å². The number of aromatic nitrogens is 1. The largest absolute Gasteiger partial charge is 0.494 e. The van der Waals surface area contributed by atoms with Gasteiger partial charge < -0.3 is 15.0 Å². The lowest BCUT2D eigenvalue weighted by Gasteiger charge is -2.21. The van der Waals surface area contributed by atoms with Gasteiger partial charge in [0, 0.05) is 30.3 Å². The van der Waals surface area contributed by atoms with Crippen LogP contribution in [0.25, 0.3) is 0 Å². The van der Waals surface area contributed by atoms with Crippen molar-refractivity contribution in [3.63, 3.8) is 0 Å². The van der Waals surface area contributed by atoms with E-state index in [1.165, 1.54) is 12.4 Å². The molecule has 1 aromatic heterocycles. The molecule has 3 aromatic rings. The van der Waals surface area contributed by atoms with E-state index in [2.05, 4.69) is 10.3 Å². The van der Waals surface area contributed by atoms with Gasteiger partial charge in [-0.05, 0) is 56.3 Å². The van der Waals surface area contributed by atoms with Crippen LogP contribution in [0, 0.1) is 0 Å². The highest BCUT2D eigenvalue weighted by Gasteiger charge is 2.18. The SMILES string of the molecule is CCOc1ccc(NC(=O)c2cncc(C(=O)N(CC)c3ccccc3)c2)cc1. The second kappa shape index (κ2) is 9.50. The molecule has 1 heterocycles. The zero-order valence-corrected chi connectivity index (χ0v) is 16.5. The van der Waals surface area contributed by atoms with E-state index < -0.39 is 0 Å². The van der Waals surface area contributed by atoms with Crippen molar-refractivity contribution in [1.29, 1.82) is 0 Å². The van der Waals surface area contributed by atoms with Crippen molar-refractivity contribution in [2.45, 2.75) is 13.8 Å². The molecule has 0 atom stereocenters. The standard InChI is InChI=1S/C23H23N3O3/c1-3-26(20-8-6-5-7-9-20)23(28)18-14-17(15-24-16-18)22(27)25-19-10-12-21(13-11-19)29-4-2/h5-16H,3-4H2,1-2H3,(H,25,27). The van der Waals surface area contributed by atoms with Gasteiger partial charge in [0.2, 0.25) is 0 Å². The molecule has 0 radical (unpaired) electrons. The molecule has 0 saturated heterocycles. The topological polar surface area (TPSA) is 71.5 Å². The Kier molecular flexibility index (Phi) is 6.58. The molecule has 0 spiro atoms. The summed E-state index contributed by atoms with van der Waals surface area (Å²) in [6.45, 7) is 4.90. The van der Waals surface area contributed by atoms with Gasteiger partial charge in [-0.25, -0.2) is 0 Å². The molecule has 0 aliphatic rings. The molecule has 0 saturated carbocycles. The summed E-state index contributed by atoms with van der Waals surface area (Å²) in [4.78, 5) is 31.3. The maximum absolute atomic E-state index is 12.9. The minimum absolute atomic E-state index is 0.207. The van der Waals surface area contributed by atoms with Gasteiger partial charge in [-0.2, -0.15) is 0 Å². The Morgan fingerprint density at radius 2 is 1.66 bits per heavy atom. The van der Waals surface area contributed by atoms with Crippen molar-refractivity contribution in [1.82, 2.24) is 4.98 Å². The summed E-state index contributed by atoms with van der Waals surface area (Å²) in [5, 5.41) is 2.81. The summed E-state index contributed by atoms with van der Waals surface area (Å²) >= 11 is 0. The van der Waals surface area contributed by atoms with E-state index in [1.807, 2.05) is 44.2 Å². The summed E-state index contributed by atoms with van der Waals surface area (Å²) in [6, 6.07) is 18.1. The summed E-state index contributed by atoms with van der Waals surface area (Å²) in [5.41, 5.74) is 2.10. The number of hydrogen-bond acceptors (Lipinski definition) is 4. The van der Waals surface area contributed by atoms with Gasteiger partial charge in [0.05, 0.1) is 17.7 Å². The van der Waals surface area contributed by atoms with Crippen LogP contribution in [0.2, 0.25) is 0 Å². The van der Waals surface area contributed by atoms with Gasteiger partial charge in [0.15, 0.2) is 0 Å². The van der Waals surface area contributed by atoms with E-state index in [0.29, 0.717) is 30.0 Å². The molecule has 29 heavy (non-hydrogen) atoms. The van der Waals surface area contributed by atoms with Crippen LogP contribution < -0.4 is 15.0 Å². The lowest BCUT2D eigenvalue weighted by Crippen LogP contribution is -2.31. The number of para-hydroxylation sites is 1. The van der Waals surface area contributed by atoms with Crippen LogP contribution in [0.3, 0.4) is 0 Å². The van der Waals surface area contributed by atoms with Crippen LogP contribution >= 0.6 is 0 Å². The van der Waals surface area contributed by atoms with Gasteiger partial charge in [0.25, 0.3) is 11.8 Å². The summed E-state index contributed by atoms with van der Waals surface area (Å²) in [6.07, 6.45) is 2.92. The lowest BCUT2D eigenvalue weighted by molar-refractivity contribution is 0.0988. The number of carbonyl (C=O) groups excluding carboxylic acids is 2. The van der Waals surface area contributed by atoms with E-state index >= 15 is 0 Å². The van der Waals surface area contributed by atoms with Crippen LogP contribution in [-0.2, 0) is 0 Å². The van der Waals surface area contributed by atoms with Gasteiger partial charge >= 0.3 is 0 Å². The minimum Gasteiger partial charge on any atom is -0.494 e. The van der Waals surface area contributed by atoms with Crippen LogP contribution in [0.1, 0.15) is 34.6 Å². The van der Waals surface area contributed by atoms with Crippen molar-refractivity contribution in [3.05, 3.63) is 84.2 Å². The number of nitrogens with one attached hydrogen (secondary N) is 1. The molecule has 0 aliphatic heterocycles. The van der Waals surface area contributed by atoms with Crippen molar-refractivity contribution in [3.8, 4) is 5.75 Å².